The largest absolute Gasteiger partial charge is 0.353 e. The quantitative estimate of drug-likeness (QED) is 0.654. The Bertz CT molecular complexity index is 173. The minimum absolute atomic E-state index is 0.277. The third-order valence-electron chi connectivity index (χ3n) is 3.82. The highest BCUT2D eigenvalue weighted by Crippen LogP contribution is 2.44. The lowest BCUT2D eigenvalue weighted by atomic mass is 9.68. The monoisotopic (exact) mass is 185 g/mol. The molecule has 1 aliphatic heterocycles. The van der Waals surface area contributed by atoms with E-state index in [0.717, 1.165) is 12.8 Å². The van der Waals surface area contributed by atoms with Gasteiger partial charge in [-0.25, -0.2) is 0 Å². The van der Waals surface area contributed by atoms with E-state index >= 15 is 0 Å². The van der Waals surface area contributed by atoms with Gasteiger partial charge in [0.15, 0.2) is 5.79 Å². The summed E-state index contributed by atoms with van der Waals surface area (Å²) < 4.78 is 10.9. The molecule has 0 bridgehead atoms. The third-order valence-corrected chi connectivity index (χ3v) is 3.82. The van der Waals surface area contributed by atoms with Gasteiger partial charge in [0.1, 0.15) is 0 Å². The fourth-order valence-electron chi connectivity index (χ4n) is 2.48. The van der Waals surface area contributed by atoms with E-state index in [0.29, 0.717) is 5.41 Å². The molecule has 1 spiro atoms. The summed E-state index contributed by atoms with van der Waals surface area (Å²) in [5.41, 5.74) is 0.584. The summed E-state index contributed by atoms with van der Waals surface area (Å²) in [6, 6.07) is 0. The van der Waals surface area contributed by atoms with Gasteiger partial charge in [-0.3, -0.25) is 0 Å². The molecule has 0 unspecified atom stereocenters. The van der Waals surface area contributed by atoms with Crippen molar-refractivity contribution in [3.63, 3.8) is 0 Å². The molecule has 13 heavy (non-hydrogen) atoms. The molecule has 76 valence electrons. The molecule has 0 aromatic rings. The Morgan fingerprint density at radius 1 is 0.923 bits per heavy atom. The molecule has 2 rings (SSSR count). The lowest BCUT2D eigenvalue weighted by molar-refractivity contribution is -0.237. The zero-order valence-corrected chi connectivity index (χ0v) is 8.56. The molecular formula is C10H19NO2. The first-order valence-corrected chi connectivity index (χ1v) is 5.05. The van der Waals surface area contributed by atoms with Crippen molar-refractivity contribution in [2.24, 2.45) is 5.41 Å². The van der Waals surface area contributed by atoms with Crippen LogP contribution in [0.1, 0.15) is 25.7 Å². The van der Waals surface area contributed by atoms with Gasteiger partial charge in [0.25, 0.3) is 0 Å². The highest BCUT2D eigenvalue weighted by molar-refractivity contribution is 4.97. The summed E-state index contributed by atoms with van der Waals surface area (Å²) in [7, 11) is 3.50. The molecule has 0 aromatic heterocycles. The Morgan fingerprint density at radius 3 is 1.77 bits per heavy atom. The van der Waals surface area contributed by atoms with Gasteiger partial charge in [-0.15, -0.1) is 0 Å². The molecular weight excluding hydrogens is 166 g/mol. The van der Waals surface area contributed by atoms with Crippen molar-refractivity contribution >= 4 is 0 Å². The van der Waals surface area contributed by atoms with Crippen LogP contribution in [0.25, 0.3) is 0 Å². The molecule has 1 aliphatic carbocycles. The number of hydrogen-bond donors (Lipinski definition) is 1. The summed E-state index contributed by atoms with van der Waals surface area (Å²) in [4.78, 5) is 0. The first kappa shape index (κ1) is 9.44. The number of hydrogen-bond acceptors (Lipinski definition) is 3. The third kappa shape index (κ3) is 1.49. The van der Waals surface area contributed by atoms with Gasteiger partial charge in [-0.05, 0) is 18.3 Å². The number of methoxy groups -OCH3 is 2. The molecule has 0 radical (unpaired) electrons. The van der Waals surface area contributed by atoms with Crippen molar-refractivity contribution in [1.29, 1.82) is 0 Å². The van der Waals surface area contributed by atoms with Gasteiger partial charge in [0, 0.05) is 40.2 Å². The van der Waals surface area contributed by atoms with Gasteiger partial charge in [0.05, 0.1) is 0 Å². The van der Waals surface area contributed by atoms with E-state index in [2.05, 4.69) is 5.32 Å². The second kappa shape index (κ2) is 3.23. The maximum Gasteiger partial charge on any atom is 0.167 e. The Hall–Kier alpha value is -0.120. The van der Waals surface area contributed by atoms with Crippen LogP contribution < -0.4 is 5.32 Å². The van der Waals surface area contributed by atoms with Crippen molar-refractivity contribution in [2.75, 3.05) is 27.3 Å². The molecule has 1 saturated heterocycles. The van der Waals surface area contributed by atoms with Crippen molar-refractivity contribution < 1.29 is 9.47 Å². The van der Waals surface area contributed by atoms with Gasteiger partial charge < -0.3 is 14.8 Å². The molecule has 1 heterocycles. The molecule has 0 aromatic carbocycles. The van der Waals surface area contributed by atoms with Crippen LogP contribution in [-0.4, -0.2) is 33.1 Å². The van der Waals surface area contributed by atoms with Crippen LogP contribution in [0.4, 0.5) is 0 Å². The van der Waals surface area contributed by atoms with Crippen molar-refractivity contribution in [1.82, 2.24) is 5.32 Å². The zero-order valence-electron chi connectivity index (χ0n) is 8.56. The zero-order chi connectivity index (χ0) is 9.36. The van der Waals surface area contributed by atoms with Crippen molar-refractivity contribution in [3.8, 4) is 0 Å². The van der Waals surface area contributed by atoms with Gasteiger partial charge in [-0.1, -0.05) is 0 Å². The van der Waals surface area contributed by atoms with E-state index in [4.69, 9.17) is 9.47 Å². The fourth-order valence-corrected chi connectivity index (χ4v) is 2.48. The minimum Gasteiger partial charge on any atom is -0.353 e. The Balaban J connectivity index is 1.94. The van der Waals surface area contributed by atoms with Crippen molar-refractivity contribution in [3.05, 3.63) is 0 Å². The number of rotatable bonds is 2. The Kier molecular flexibility index (Phi) is 2.34. The highest BCUT2D eigenvalue weighted by atomic mass is 16.7. The van der Waals surface area contributed by atoms with Gasteiger partial charge in [-0.2, -0.15) is 0 Å². The van der Waals surface area contributed by atoms with E-state index in [-0.39, 0.29) is 5.79 Å². The van der Waals surface area contributed by atoms with Gasteiger partial charge >= 0.3 is 0 Å². The first-order valence-electron chi connectivity index (χ1n) is 5.05. The summed E-state index contributed by atoms with van der Waals surface area (Å²) in [6.07, 6.45) is 4.56. The van der Waals surface area contributed by atoms with Gasteiger partial charge in [0.2, 0.25) is 0 Å². The van der Waals surface area contributed by atoms with Crippen LogP contribution in [0.3, 0.4) is 0 Å². The summed E-state index contributed by atoms with van der Waals surface area (Å²) >= 11 is 0. The molecule has 2 aliphatic rings. The number of nitrogens with one attached hydrogen (secondary N) is 1. The summed E-state index contributed by atoms with van der Waals surface area (Å²) in [5.74, 6) is -0.277. The average molecular weight is 185 g/mol. The highest BCUT2D eigenvalue weighted by Gasteiger charge is 2.46. The Labute approximate surface area is 79.8 Å². The maximum atomic E-state index is 5.45. The smallest absolute Gasteiger partial charge is 0.167 e. The standard InChI is InChI=1S/C10H19NO2/c1-12-10(13-2)5-3-9(4-6-10)7-11-8-9/h11H,3-8H2,1-2H3. The normalized spacial score (nSPS) is 30.0. The topological polar surface area (TPSA) is 30.5 Å². The van der Waals surface area contributed by atoms with Crippen LogP contribution in [0.15, 0.2) is 0 Å². The molecule has 3 heteroatoms. The second-order valence-corrected chi connectivity index (χ2v) is 4.42. The lowest BCUT2D eigenvalue weighted by Gasteiger charge is -2.50. The van der Waals surface area contributed by atoms with Crippen LogP contribution >= 0.6 is 0 Å². The molecule has 1 N–H and O–H groups in total. The van der Waals surface area contributed by atoms with E-state index < -0.39 is 0 Å². The average Bonchev–Trinajstić information content (AvgIpc) is 2.16. The van der Waals surface area contributed by atoms with Crippen LogP contribution in [0.2, 0.25) is 0 Å². The minimum atomic E-state index is -0.277. The fraction of sp³-hybridized carbons (Fsp3) is 1.00. The van der Waals surface area contributed by atoms with Crippen LogP contribution in [-0.2, 0) is 9.47 Å². The van der Waals surface area contributed by atoms with E-state index in [9.17, 15) is 0 Å². The predicted octanol–water partition coefficient (Wildman–Crippen LogP) is 1.14. The molecule has 2 fully saturated rings. The number of ether oxygens (including phenoxy) is 2. The lowest BCUT2D eigenvalue weighted by Crippen LogP contribution is -2.57. The van der Waals surface area contributed by atoms with Crippen LogP contribution in [0, 0.1) is 5.41 Å². The molecule has 3 nitrogen and oxygen atoms in total. The SMILES string of the molecule is COC1(OC)CCC2(CC1)CNC2. The van der Waals surface area contributed by atoms with E-state index in [1.54, 1.807) is 14.2 Å². The summed E-state index contributed by atoms with van der Waals surface area (Å²) in [5, 5.41) is 3.35. The Morgan fingerprint density at radius 2 is 1.46 bits per heavy atom. The first-order chi connectivity index (χ1) is 6.24. The van der Waals surface area contributed by atoms with E-state index in [1.165, 1.54) is 25.9 Å². The summed E-state index contributed by atoms with van der Waals surface area (Å²) in [6.45, 7) is 2.38. The van der Waals surface area contributed by atoms with Crippen LogP contribution in [0.5, 0.6) is 0 Å². The second-order valence-electron chi connectivity index (χ2n) is 4.42. The van der Waals surface area contributed by atoms with Crippen molar-refractivity contribution in [2.45, 2.75) is 31.5 Å². The predicted molar refractivity (Wildman–Crippen MR) is 50.5 cm³/mol. The molecule has 0 amide bonds. The molecule has 1 saturated carbocycles. The molecule has 0 atom stereocenters. The van der Waals surface area contributed by atoms with E-state index in [1.807, 2.05) is 0 Å². The maximum absolute atomic E-state index is 5.45.